The minimum absolute atomic E-state index is 0.254. The van der Waals surface area contributed by atoms with Crippen LogP contribution in [-0.2, 0) is 9.53 Å². The number of carbonyl (C=O) groups is 1. The predicted octanol–water partition coefficient (Wildman–Crippen LogP) is 4.58. The number of methoxy groups -OCH3 is 2. The van der Waals surface area contributed by atoms with Gasteiger partial charge in [0.15, 0.2) is 4.80 Å². The number of aryl methyl sites for hydroxylation is 1. The third-order valence-corrected chi connectivity index (χ3v) is 8.22. The molecule has 0 fully saturated rings. The van der Waals surface area contributed by atoms with Gasteiger partial charge in [-0.05, 0) is 49.8 Å². The summed E-state index contributed by atoms with van der Waals surface area (Å²) in [6.45, 7) is 3.80. The smallest absolute Gasteiger partial charge is 0.338 e. The molecule has 0 amide bonds. The Kier molecular flexibility index (Phi) is 7.18. The second kappa shape index (κ2) is 11.1. The molecular weight excluding hydrogens is 548 g/mol. The first-order chi connectivity index (χ1) is 20.4. The largest absolute Gasteiger partial charge is 0.497 e. The van der Waals surface area contributed by atoms with Gasteiger partial charge in [0.25, 0.3) is 5.56 Å². The van der Waals surface area contributed by atoms with E-state index in [9.17, 15) is 9.59 Å². The molecule has 3 heterocycles. The summed E-state index contributed by atoms with van der Waals surface area (Å²) in [5.41, 5.74) is 5.85. The zero-order valence-corrected chi connectivity index (χ0v) is 24.4. The Morgan fingerprint density at radius 3 is 2.33 bits per heavy atom. The summed E-state index contributed by atoms with van der Waals surface area (Å²) in [6.07, 6.45) is 3.78. The first-order valence-corrected chi connectivity index (χ1v) is 14.2. The van der Waals surface area contributed by atoms with Crippen LogP contribution in [-0.4, -0.2) is 34.5 Å². The minimum Gasteiger partial charge on any atom is -0.497 e. The SMILES string of the molecule is COC(=O)C1=C(C)N=c2sc(=Cc3cn(-c4ccccc4)nc3-c3ccc(C)cc3)c(=O)n2C1c1ccc(OC)cc1. The molecule has 1 unspecified atom stereocenters. The van der Waals surface area contributed by atoms with Gasteiger partial charge >= 0.3 is 5.97 Å². The Bertz CT molecular complexity index is 2000. The molecule has 0 bridgehead atoms. The van der Waals surface area contributed by atoms with Crippen molar-refractivity contribution in [3.8, 4) is 22.7 Å². The summed E-state index contributed by atoms with van der Waals surface area (Å²) < 4.78 is 14.3. The molecule has 0 N–H and O–H groups in total. The van der Waals surface area contributed by atoms with Gasteiger partial charge in [-0.2, -0.15) is 5.10 Å². The number of ether oxygens (including phenoxy) is 2. The number of aromatic nitrogens is 3. The first kappa shape index (κ1) is 27.2. The molecule has 2 aromatic heterocycles. The summed E-state index contributed by atoms with van der Waals surface area (Å²) in [5.74, 6) is 0.141. The highest BCUT2D eigenvalue weighted by Crippen LogP contribution is 2.31. The molecule has 210 valence electrons. The number of para-hydroxylation sites is 1. The third kappa shape index (κ3) is 4.88. The van der Waals surface area contributed by atoms with Crippen LogP contribution in [0.3, 0.4) is 0 Å². The van der Waals surface area contributed by atoms with Crippen molar-refractivity contribution < 1.29 is 14.3 Å². The van der Waals surface area contributed by atoms with Gasteiger partial charge in [0.1, 0.15) is 5.75 Å². The Hall–Kier alpha value is -5.02. The van der Waals surface area contributed by atoms with Crippen molar-refractivity contribution in [1.82, 2.24) is 14.3 Å². The lowest BCUT2D eigenvalue weighted by Gasteiger charge is -2.24. The van der Waals surface area contributed by atoms with Crippen LogP contribution in [0.15, 0.2) is 106 Å². The van der Waals surface area contributed by atoms with E-state index >= 15 is 0 Å². The summed E-state index contributed by atoms with van der Waals surface area (Å²) in [4.78, 5) is 32.3. The molecule has 42 heavy (non-hydrogen) atoms. The number of thiazole rings is 1. The van der Waals surface area contributed by atoms with Crippen LogP contribution in [0.25, 0.3) is 23.0 Å². The Balaban J connectivity index is 1.56. The number of hydrogen-bond acceptors (Lipinski definition) is 7. The van der Waals surface area contributed by atoms with Crippen LogP contribution >= 0.6 is 11.3 Å². The fraction of sp³-hybridized carbons (Fsp3) is 0.152. The van der Waals surface area contributed by atoms with Crippen molar-refractivity contribution in [2.24, 2.45) is 4.99 Å². The van der Waals surface area contributed by atoms with E-state index in [-0.39, 0.29) is 5.56 Å². The van der Waals surface area contributed by atoms with Crippen LogP contribution in [0, 0.1) is 6.92 Å². The molecule has 3 aromatic carbocycles. The normalized spacial score (nSPS) is 14.9. The average Bonchev–Trinajstić information content (AvgIpc) is 3.57. The van der Waals surface area contributed by atoms with Crippen LogP contribution < -0.4 is 19.6 Å². The molecule has 0 aliphatic carbocycles. The van der Waals surface area contributed by atoms with Gasteiger partial charge in [0.2, 0.25) is 0 Å². The summed E-state index contributed by atoms with van der Waals surface area (Å²) in [5, 5.41) is 4.90. The standard InChI is InChI=1S/C33H28N4O4S/c1-20-10-12-22(13-11-20)29-24(19-36(35-29)25-8-6-5-7-9-25)18-27-31(38)37-30(23-14-16-26(40-3)17-15-23)28(32(39)41-4)21(2)34-33(37)42-27/h5-19,30H,1-4H3. The maximum Gasteiger partial charge on any atom is 0.338 e. The highest BCUT2D eigenvalue weighted by Gasteiger charge is 2.33. The van der Waals surface area contributed by atoms with E-state index in [1.165, 1.54) is 18.4 Å². The molecule has 9 heteroatoms. The van der Waals surface area contributed by atoms with E-state index in [1.54, 1.807) is 30.7 Å². The molecule has 0 spiro atoms. The number of hydrogen-bond donors (Lipinski definition) is 0. The molecule has 1 aliphatic rings. The Morgan fingerprint density at radius 2 is 1.67 bits per heavy atom. The molecule has 0 saturated heterocycles. The third-order valence-electron chi connectivity index (χ3n) is 7.23. The summed E-state index contributed by atoms with van der Waals surface area (Å²) in [6, 6.07) is 24.6. The van der Waals surface area contributed by atoms with Crippen LogP contribution in [0.1, 0.15) is 29.7 Å². The van der Waals surface area contributed by atoms with E-state index in [1.807, 2.05) is 90.6 Å². The number of fused-ring (bicyclic) bond motifs is 1. The minimum atomic E-state index is -0.703. The highest BCUT2D eigenvalue weighted by molar-refractivity contribution is 7.07. The van der Waals surface area contributed by atoms with Crippen molar-refractivity contribution in [2.45, 2.75) is 19.9 Å². The molecular formula is C33H28N4O4S. The predicted molar refractivity (Wildman–Crippen MR) is 163 cm³/mol. The van der Waals surface area contributed by atoms with Gasteiger partial charge in [-0.1, -0.05) is 71.5 Å². The van der Waals surface area contributed by atoms with E-state index in [0.29, 0.717) is 26.4 Å². The number of benzene rings is 3. The summed E-state index contributed by atoms with van der Waals surface area (Å²) in [7, 11) is 2.92. The lowest BCUT2D eigenvalue weighted by atomic mass is 9.96. The van der Waals surface area contributed by atoms with Crippen molar-refractivity contribution in [2.75, 3.05) is 14.2 Å². The molecule has 0 saturated carbocycles. The number of nitrogens with zero attached hydrogens (tertiary/aromatic N) is 4. The first-order valence-electron chi connectivity index (χ1n) is 13.3. The average molecular weight is 577 g/mol. The zero-order valence-electron chi connectivity index (χ0n) is 23.6. The van der Waals surface area contributed by atoms with Crippen molar-refractivity contribution >= 4 is 23.4 Å². The maximum atomic E-state index is 14.1. The molecule has 1 aliphatic heterocycles. The number of esters is 1. The van der Waals surface area contributed by atoms with Crippen molar-refractivity contribution in [1.29, 1.82) is 0 Å². The van der Waals surface area contributed by atoms with Gasteiger partial charge in [-0.3, -0.25) is 9.36 Å². The van der Waals surface area contributed by atoms with Crippen molar-refractivity contribution in [3.05, 3.63) is 133 Å². The van der Waals surface area contributed by atoms with Crippen LogP contribution in [0.4, 0.5) is 0 Å². The van der Waals surface area contributed by atoms with Gasteiger partial charge in [0.05, 0.1) is 47.4 Å². The molecule has 0 radical (unpaired) electrons. The quantitative estimate of drug-likeness (QED) is 0.276. The van der Waals surface area contributed by atoms with E-state index in [0.717, 1.165) is 33.6 Å². The van der Waals surface area contributed by atoms with Crippen LogP contribution in [0.5, 0.6) is 5.75 Å². The topological polar surface area (TPSA) is 87.7 Å². The fourth-order valence-corrected chi connectivity index (χ4v) is 6.11. The fourth-order valence-electron chi connectivity index (χ4n) is 5.08. The summed E-state index contributed by atoms with van der Waals surface area (Å²) >= 11 is 1.28. The number of rotatable bonds is 6. The van der Waals surface area contributed by atoms with Gasteiger partial charge in [-0.25, -0.2) is 14.5 Å². The molecule has 1 atom stereocenters. The van der Waals surface area contributed by atoms with Gasteiger partial charge in [-0.15, -0.1) is 0 Å². The van der Waals surface area contributed by atoms with E-state index < -0.39 is 12.0 Å². The number of allylic oxidation sites excluding steroid dienone is 1. The van der Waals surface area contributed by atoms with E-state index in [4.69, 9.17) is 14.6 Å². The second-order valence-corrected chi connectivity index (χ2v) is 10.9. The van der Waals surface area contributed by atoms with Gasteiger partial charge in [0, 0.05) is 17.3 Å². The lowest BCUT2D eigenvalue weighted by molar-refractivity contribution is -0.136. The zero-order chi connectivity index (χ0) is 29.4. The monoisotopic (exact) mass is 576 g/mol. The Morgan fingerprint density at radius 1 is 0.952 bits per heavy atom. The van der Waals surface area contributed by atoms with Crippen LogP contribution in [0.2, 0.25) is 0 Å². The van der Waals surface area contributed by atoms with Gasteiger partial charge < -0.3 is 9.47 Å². The molecule has 6 rings (SSSR count). The van der Waals surface area contributed by atoms with Crippen molar-refractivity contribution in [3.63, 3.8) is 0 Å². The molecule has 5 aromatic rings. The Labute approximate surface area is 246 Å². The highest BCUT2D eigenvalue weighted by atomic mass is 32.1. The maximum absolute atomic E-state index is 14.1. The lowest BCUT2D eigenvalue weighted by Crippen LogP contribution is -2.39. The molecule has 8 nitrogen and oxygen atoms in total. The second-order valence-electron chi connectivity index (χ2n) is 9.93. The number of carbonyl (C=O) groups excluding carboxylic acids is 1. The van der Waals surface area contributed by atoms with E-state index in [2.05, 4.69) is 4.99 Å².